The molecule has 0 atom stereocenters. The van der Waals surface area contributed by atoms with Gasteiger partial charge in [-0.05, 0) is 44.9 Å². The Morgan fingerprint density at radius 2 is 2.04 bits per heavy atom. The Hall–Kier alpha value is -2.01. The van der Waals surface area contributed by atoms with Gasteiger partial charge >= 0.3 is 0 Å². The number of halogens is 1. The molecule has 1 aromatic heterocycles. The summed E-state index contributed by atoms with van der Waals surface area (Å²) in [6, 6.07) is 5.59. The average Bonchev–Trinajstić information content (AvgIpc) is 3.11. The summed E-state index contributed by atoms with van der Waals surface area (Å²) < 4.78 is 7.37. The van der Waals surface area contributed by atoms with Gasteiger partial charge in [0, 0.05) is 43.0 Å². The fraction of sp³-hybridized carbons (Fsp3) is 0.474. The van der Waals surface area contributed by atoms with E-state index in [1.165, 1.54) is 0 Å². The fourth-order valence-electron chi connectivity index (χ4n) is 3.40. The van der Waals surface area contributed by atoms with Crippen molar-refractivity contribution in [2.45, 2.75) is 38.6 Å². The lowest BCUT2D eigenvalue weighted by atomic mass is 9.95. The predicted octanol–water partition coefficient (Wildman–Crippen LogP) is 4.15. The van der Waals surface area contributed by atoms with Crippen molar-refractivity contribution in [3.05, 3.63) is 47.0 Å². The van der Waals surface area contributed by atoms with Gasteiger partial charge in [0.2, 0.25) is 0 Å². The molecule has 1 aromatic carbocycles. The number of carbonyl (C=O) groups is 1. The molecule has 0 unspecified atom stereocenters. The zero-order valence-corrected chi connectivity index (χ0v) is 15.7. The third kappa shape index (κ3) is 3.66. The summed E-state index contributed by atoms with van der Waals surface area (Å²) in [6.07, 6.45) is 5.77. The molecule has 0 spiro atoms. The summed E-state index contributed by atoms with van der Waals surface area (Å²) in [4.78, 5) is 19.2. The molecule has 2 heterocycles. The molecule has 1 saturated heterocycles. The SMILES string of the molecule is COc1ccc(C(=O)N2CCC(c3nccn3C(C)C)CC2)cc1Cl. The molecule has 0 bridgehead atoms. The molecule has 1 aliphatic heterocycles. The fourth-order valence-corrected chi connectivity index (χ4v) is 3.66. The predicted molar refractivity (Wildman–Crippen MR) is 98.5 cm³/mol. The zero-order chi connectivity index (χ0) is 18.0. The van der Waals surface area contributed by atoms with Crippen molar-refractivity contribution < 1.29 is 9.53 Å². The number of methoxy groups -OCH3 is 1. The molecule has 6 heteroatoms. The van der Waals surface area contributed by atoms with Crippen LogP contribution in [0.5, 0.6) is 5.75 Å². The molecule has 134 valence electrons. The Morgan fingerprint density at radius 1 is 1.32 bits per heavy atom. The Kier molecular flexibility index (Phi) is 5.33. The average molecular weight is 362 g/mol. The minimum atomic E-state index is 0.0233. The van der Waals surface area contributed by atoms with E-state index in [9.17, 15) is 4.79 Å². The number of likely N-dealkylation sites (tertiary alicyclic amines) is 1. The maximum atomic E-state index is 12.7. The molecule has 0 saturated carbocycles. The monoisotopic (exact) mass is 361 g/mol. The molecule has 1 amide bonds. The van der Waals surface area contributed by atoms with E-state index in [2.05, 4.69) is 23.4 Å². The topological polar surface area (TPSA) is 47.4 Å². The zero-order valence-electron chi connectivity index (χ0n) is 14.9. The summed E-state index contributed by atoms with van der Waals surface area (Å²) in [7, 11) is 1.56. The number of ether oxygens (including phenoxy) is 1. The normalized spacial score (nSPS) is 15.6. The number of rotatable bonds is 4. The maximum Gasteiger partial charge on any atom is 0.253 e. The highest BCUT2D eigenvalue weighted by molar-refractivity contribution is 6.32. The van der Waals surface area contributed by atoms with Crippen LogP contribution in [0.3, 0.4) is 0 Å². The van der Waals surface area contributed by atoms with Gasteiger partial charge < -0.3 is 14.2 Å². The number of hydrogen-bond acceptors (Lipinski definition) is 3. The summed E-state index contributed by atoms with van der Waals surface area (Å²) in [5, 5.41) is 0.460. The van der Waals surface area contributed by atoms with E-state index in [4.69, 9.17) is 16.3 Å². The second-order valence-electron chi connectivity index (χ2n) is 6.70. The van der Waals surface area contributed by atoms with Crippen LogP contribution in [0.2, 0.25) is 5.02 Å². The van der Waals surface area contributed by atoms with Gasteiger partial charge in [-0.3, -0.25) is 4.79 Å². The van der Waals surface area contributed by atoms with Crippen molar-refractivity contribution in [3.63, 3.8) is 0 Å². The number of piperidine rings is 1. The van der Waals surface area contributed by atoms with Crippen molar-refractivity contribution in [3.8, 4) is 5.75 Å². The number of hydrogen-bond donors (Lipinski definition) is 0. The van der Waals surface area contributed by atoms with E-state index < -0.39 is 0 Å². The molecule has 2 aromatic rings. The van der Waals surface area contributed by atoms with Crippen LogP contribution in [0.15, 0.2) is 30.6 Å². The number of aromatic nitrogens is 2. The highest BCUT2D eigenvalue weighted by Gasteiger charge is 2.27. The largest absolute Gasteiger partial charge is 0.495 e. The summed E-state index contributed by atoms with van der Waals surface area (Å²) in [5.74, 6) is 2.14. The molecule has 1 fully saturated rings. The highest BCUT2D eigenvalue weighted by Crippen LogP contribution is 2.30. The van der Waals surface area contributed by atoms with E-state index in [1.54, 1.807) is 25.3 Å². The summed E-state index contributed by atoms with van der Waals surface area (Å²) in [5.41, 5.74) is 0.605. The lowest BCUT2D eigenvalue weighted by Crippen LogP contribution is -2.38. The quantitative estimate of drug-likeness (QED) is 0.822. The number of nitrogens with zero attached hydrogens (tertiary/aromatic N) is 3. The first kappa shape index (κ1) is 17.8. The van der Waals surface area contributed by atoms with Crippen molar-refractivity contribution in [1.29, 1.82) is 0 Å². The van der Waals surface area contributed by atoms with E-state index >= 15 is 0 Å². The number of amides is 1. The summed E-state index contributed by atoms with van der Waals surface area (Å²) in [6.45, 7) is 5.80. The van der Waals surface area contributed by atoms with Gasteiger partial charge in [0.15, 0.2) is 0 Å². The van der Waals surface area contributed by atoms with E-state index in [0.29, 0.717) is 28.3 Å². The van der Waals surface area contributed by atoms with Crippen molar-refractivity contribution >= 4 is 17.5 Å². The minimum Gasteiger partial charge on any atom is -0.495 e. The van der Waals surface area contributed by atoms with Gasteiger partial charge in [-0.2, -0.15) is 0 Å². The van der Waals surface area contributed by atoms with Crippen LogP contribution in [0.4, 0.5) is 0 Å². The molecular formula is C19H24ClN3O2. The molecule has 0 aliphatic carbocycles. The smallest absolute Gasteiger partial charge is 0.253 e. The van der Waals surface area contributed by atoms with E-state index in [0.717, 1.165) is 31.8 Å². The molecule has 0 N–H and O–H groups in total. The van der Waals surface area contributed by atoms with Gasteiger partial charge in [0.25, 0.3) is 5.91 Å². The summed E-state index contributed by atoms with van der Waals surface area (Å²) >= 11 is 6.14. The van der Waals surface area contributed by atoms with Crippen LogP contribution < -0.4 is 4.74 Å². The van der Waals surface area contributed by atoms with Crippen LogP contribution in [0.25, 0.3) is 0 Å². The molecular weight excluding hydrogens is 338 g/mol. The van der Waals surface area contributed by atoms with Gasteiger partial charge in [-0.25, -0.2) is 4.98 Å². The standard InChI is InChI=1S/C19H24ClN3O2/c1-13(2)23-11-8-21-18(23)14-6-9-22(10-7-14)19(24)15-4-5-17(25-3)16(20)12-15/h4-5,8,11-14H,6-7,9-10H2,1-3H3. The van der Waals surface area contributed by atoms with Crippen molar-refractivity contribution in [2.24, 2.45) is 0 Å². The molecule has 3 rings (SSSR count). The Labute approximate surface area is 153 Å². The van der Waals surface area contributed by atoms with Gasteiger partial charge in [-0.15, -0.1) is 0 Å². The lowest BCUT2D eigenvalue weighted by Gasteiger charge is -2.32. The Morgan fingerprint density at radius 3 is 2.64 bits per heavy atom. The number of benzene rings is 1. The van der Waals surface area contributed by atoms with Crippen LogP contribution in [-0.2, 0) is 0 Å². The van der Waals surface area contributed by atoms with Crippen LogP contribution >= 0.6 is 11.6 Å². The third-order valence-corrected chi connectivity index (χ3v) is 5.10. The molecule has 0 radical (unpaired) electrons. The van der Waals surface area contributed by atoms with Gasteiger partial charge in [0.1, 0.15) is 11.6 Å². The van der Waals surface area contributed by atoms with Crippen LogP contribution in [-0.4, -0.2) is 40.6 Å². The second kappa shape index (κ2) is 7.48. The molecule has 1 aliphatic rings. The second-order valence-corrected chi connectivity index (χ2v) is 7.11. The number of imidazole rings is 1. The van der Waals surface area contributed by atoms with Crippen molar-refractivity contribution in [2.75, 3.05) is 20.2 Å². The highest BCUT2D eigenvalue weighted by atomic mass is 35.5. The maximum absolute atomic E-state index is 12.7. The van der Waals surface area contributed by atoms with E-state index in [-0.39, 0.29) is 5.91 Å². The van der Waals surface area contributed by atoms with Crippen LogP contribution in [0, 0.1) is 0 Å². The van der Waals surface area contributed by atoms with Crippen LogP contribution in [0.1, 0.15) is 54.8 Å². The first-order valence-corrected chi connectivity index (χ1v) is 9.04. The van der Waals surface area contributed by atoms with Gasteiger partial charge in [0.05, 0.1) is 12.1 Å². The Bertz CT molecular complexity index is 749. The van der Waals surface area contributed by atoms with Crippen molar-refractivity contribution in [1.82, 2.24) is 14.5 Å². The minimum absolute atomic E-state index is 0.0233. The molecule has 5 nitrogen and oxygen atoms in total. The first-order chi connectivity index (χ1) is 12.0. The Balaban J connectivity index is 1.66. The lowest BCUT2D eigenvalue weighted by molar-refractivity contribution is 0.0710. The number of carbonyl (C=O) groups excluding carboxylic acids is 1. The molecule has 25 heavy (non-hydrogen) atoms. The van der Waals surface area contributed by atoms with E-state index in [1.807, 2.05) is 17.3 Å². The first-order valence-electron chi connectivity index (χ1n) is 8.66. The third-order valence-electron chi connectivity index (χ3n) is 4.80. The van der Waals surface area contributed by atoms with Gasteiger partial charge in [-0.1, -0.05) is 11.6 Å².